The van der Waals surface area contributed by atoms with Crippen LogP contribution in [-0.4, -0.2) is 53.4 Å². The van der Waals surface area contributed by atoms with Gasteiger partial charge < -0.3 is 5.32 Å². The predicted molar refractivity (Wildman–Crippen MR) is 101 cm³/mol. The van der Waals surface area contributed by atoms with Crippen LogP contribution in [0.2, 0.25) is 0 Å². The van der Waals surface area contributed by atoms with E-state index in [0.717, 1.165) is 37.4 Å². The lowest BCUT2D eigenvalue weighted by molar-refractivity contribution is -0.431. The van der Waals surface area contributed by atoms with Crippen LogP contribution < -0.4 is 5.32 Å². The van der Waals surface area contributed by atoms with Crippen molar-refractivity contribution in [2.75, 3.05) is 6.54 Å². The first kappa shape index (κ1) is 34.8. The van der Waals surface area contributed by atoms with Crippen LogP contribution in [0.3, 0.4) is 0 Å². The molecule has 0 bridgehead atoms. The molecule has 0 aromatic carbocycles. The van der Waals surface area contributed by atoms with Crippen molar-refractivity contribution in [1.82, 2.24) is 5.32 Å². The Morgan fingerprint density at radius 3 is 1.28 bits per heavy atom. The van der Waals surface area contributed by atoms with Crippen LogP contribution in [0.15, 0.2) is 0 Å². The minimum atomic E-state index is -8.24. The van der Waals surface area contributed by atoms with Crippen molar-refractivity contribution < 1.29 is 66.3 Å². The van der Waals surface area contributed by atoms with Crippen molar-refractivity contribution in [3.8, 4) is 0 Å². The van der Waals surface area contributed by atoms with Crippen molar-refractivity contribution in [1.29, 1.82) is 0 Å². The molecule has 0 radical (unpaired) electrons. The van der Waals surface area contributed by atoms with E-state index < -0.39 is 53.4 Å². The van der Waals surface area contributed by atoms with Gasteiger partial charge >= 0.3 is 40.9 Å². The summed E-state index contributed by atoms with van der Waals surface area (Å²) in [7, 11) is 0. The Morgan fingerprint density at radius 1 is 0.556 bits per heavy atom. The average molecular weight is 584 g/mol. The molecule has 2 nitrogen and oxygen atoms in total. The van der Waals surface area contributed by atoms with Crippen LogP contribution in [0.25, 0.3) is 0 Å². The number of carbonyl (C=O) groups is 1. The fourth-order valence-electron chi connectivity index (χ4n) is 2.86. The molecule has 0 saturated carbocycles. The van der Waals surface area contributed by atoms with Gasteiger partial charge in [0.05, 0.1) is 0 Å². The fourth-order valence-corrected chi connectivity index (χ4v) is 2.98. The standard InChI is InChI=1S/C19H24ClF14NO/c1-2-3-4-5-6-7-8-9-10-11-35-12(36)13(21,22)14(23,24)15(25,26)16(27,28)17(29,30)18(31,32)19(20,33)34/h2-11H2,1H3,(H,35,36). The van der Waals surface area contributed by atoms with Gasteiger partial charge in [0.1, 0.15) is 0 Å². The van der Waals surface area contributed by atoms with Gasteiger partial charge in [-0.05, 0) is 18.0 Å². The summed E-state index contributed by atoms with van der Waals surface area (Å²) >= 11 is 3.51. The highest BCUT2D eigenvalue weighted by Gasteiger charge is 2.93. The maximum absolute atomic E-state index is 13.7. The molecule has 0 rings (SSSR count). The molecule has 36 heavy (non-hydrogen) atoms. The number of unbranched alkanes of at least 4 members (excludes halogenated alkanes) is 8. The molecule has 0 unspecified atom stereocenters. The Kier molecular flexibility index (Phi) is 11.7. The number of amides is 1. The Balaban J connectivity index is 5.39. The summed E-state index contributed by atoms with van der Waals surface area (Å²) in [5.74, 6) is -50.0. The minimum Gasteiger partial charge on any atom is -0.351 e. The Bertz CT molecular complexity index is 709. The van der Waals surface area contributed by atoms with Crippen molar-refractivity contribution in [2.24, 2.45) is 0 Å². The molecule has 0 spiro atoms. The first-order chi connectivity index (χ1) is 16.0. The van der Waals surface area contributed by atoms with E-state index in [1.54, 1.807) is 0 Å². The van der Waals surface area contributed by atoms with Crippen LogP contribution in [0.5, 0.6) is 0 Å². The summed E-state index contributed by atoms with van der Waals surface area (Å²) in [5.41, 5.74) is 0. The SMILES string of the molecule is CCCCCCCCCCCNC(=O)C(F)(F)C(F)(F)C(F)(F)C(F)(F)C(F)(F)C(F)(F)C(F)(F)Cl. The zero-order chi connectivity index (χ0) is 28.9. The number of alkyl halides is 15. The van der Waals surface area contributed by atoms with Gasteiger partial charge in [0, 0.05) is 6.54 Å². The van der Waals surface area contributed by atoms with Gasteiger partial charge in [0.15, 0.2) is 0 Å². The second-order valence-corrected chi connectivity index (χ2v) is 8.50. The van der Waals surface area contributed by atoms with Crippen LogP contribution in [-0.2, 0) is 4.79 Å². The van der Waals surface area contributed by atoms with Gasteiger partial charge in [-0.15, -0.1) is 0 Å². The maximum Gasteiger partial charge on any atom is 0.393 e. The van der Waals surface area contributed by atoms with Crippen molar-refractivity contribution >= 4 is 17.5 Å². The molecule has 0 heterocycles. The van der Waals surface area contributed by atoms with E-state index in [4.69, 9.17) is 0 Å². The first-order valence-corrected chi connectivity index (χ1v) is 11.0. The number of hydrogen-bond acceptors (Lipinski definition) is 1. The first-order valence-electron chi connectivity index (χ1n) is 10.6. The molecule has 0 aromatic rings. The number of hydrogen-bond donors (Lipinski definition) is 1. The van der Waals surface area contributed by atoms with Crippen molar-refractivity contribution in [3.63, 3.8) is 0 Å². The Morgan fingerprint density at radius 2 is 0.889 bits per heavy atom. The Hall–Kier alpha value is -1.22. The summed E-state index contributed by atoms with van der Waals surface area (Å²) in [6, 6.07) is 0. The third-order valence-electron chi connectivity index (χ3n) is 5.18. The highest BCUT2D eigenvalue weighted by atomic mass is 35.5. The highest BCUT2D eigenvalue weighted by Crippen LogP contribution is 2.62. The summed E-state index contributed by atoms with van der Waals surface area (Å²) < 4.78 is 187. The predicted octanol–water partition coefficient (Wildman–Crippen LogP) is 8.28. The summed E-state index contributed by atoms with van der Waals surface area (Å²) in [4.78, 5) is 11.3. The zero-order valence-corrected chi connectivity index (χ0v) is 19.4. The van der Waals surface area contributed by atoms with Crippen LogP contribution in [0, 0.1) is 0 Å². The lowest BCUT2D eigenvalue weighted by Gasteiger charge is -2.41. The lowest BCUT2D eigenvalue weighted by Crippen LogP contribution is -2.73. The Labute approximate surface area is 202 Å². The maximum atomic E-state index is 13.7. The zero-order valence-electron chi connectivity index (χ0n) is 18.6. The largest absolute Gasteiger partial charge is 0.393 e. The van der Waals surface area contributed by atoms with Crippen LogP contribution in [0.4, 0.5) is 61.5 Å². The van der Waals surface area contributed by atoms with Gasteiger partial charge in [-0.3, -0.25) is 4.79 Å². The van der Waals surface area contributed by atoms with E-state index in [9.17, 15) is 66.3 Å². The minimum absolute atomic E-state index is 0.149. The lowest BCUT2D eigenvalue weighted by atomic mass is 9.91. The van der Waals surface area contributed by atoms with Gasteiger partial charge in [-0.2, -0.15) is 61.5 Å². The number of nitrogens with one attached hydrogen (secondary N) is 1. The van der Waals surface area contributed by atoms with Crippen LogP contribution in [0.1, 0.15) is 64.7 Å². The monoisotopic (exact) mass is 583 g/mol. The van der Waals surface area contributed by atoms with Gasteiger partial charge in [-0.25, -0.2) is 0 Å². The van der Waals surface area contributed by atoms with E-state index in [1.165, 1.54) is 0 Å². The van der Waals surface area contributed by atoms with E-state index in [-0.39, 0.29) is 12.8 Å². The third-order valence-corrected chi connectivity index (χ3v) is 5.42. The van der Waals surface area contributed by atoms with E-state index in [1.807, 2.05) is 6.92 Å². The van der Waals surface area contributed by atoms with Crippen LogP contribution >= 0.6 is 11.6 Å². The summed E-state index contributed by atoms with van der Waals surface area (Å²) in [5, 5.41) is -5.65. The molecular weight excluding hydrogens is 560 g/mol. The third kappa shape index (κ3) is 6.61. The van der Waals surface area contributed by atoms with Crippen molar-refractivity contribution in [2.45, 2.75) is 106 Å². The molecule has 1 N–H and O–H groups in total. The number of carbonyl (C=O) groups excluding carboxylic acids is 1. The molecule has 0 aliphatic heterocycles. The van der Waals surface area contributed by atoms with E-state index in [2.05, 4.69) is 11.6 Å². The van der Waals surface area contributed by atoms with Gasteiger partial charge in [0.25, 0.3) is 5.91 Å². The molecule has 216 valence electrons. The molecule has 0 aromatic heterocycles. The molecule has 0 saturated heterocycles. The van der Waals surface area contributed by atoms with E-state index >= 15 is 0 Å². The quantitative estimate of drug-likeness (QED) is 0.104. The highest BCUT2D eigenvalue weighted by molar-refractivity contribution is 6.22. The average Bonchev–Trinajstić information content (AvgIpc) is 2.73. The molecule has 1 amide bonds. The molecule has 0 atom stereocenters. The van der Waals surface area contributed by atoms with E-state index in [0.29, 0.717) is 12.8 Å². The second-order valence-electron chi connectivity index (χ2n) is 8.03. The number of halogens is 15. The molecule has 0 aliphatic carbocycles. The topological polar surface area (TPSA) is 29.1 Å². The summed E-state index contributed by atoms with van der Waals surface area (Å²) in [6.07, 6.45) is 6.04. The summed E-state index contributed by atoms with van der Waals surface area (Å²) in [6.45, 7) is 1.16. The molecule has 17 heteroatoms. The van der Waals surface area contributed by atoms with Crippen molar-refractivity contribution in [3.05, 3.63) is 0 Å². The smallest absolute Gasteiger partial charge is 0.351 e. The normalized spacial score (nSPS) is 14.8. The molecule has 0 fully saturated rings. The second kappa shape index (κ2) is 12.1. The fraction of sp³-hybridized carbons (Fsp3) is 0.947. The molecular formula is C19H24ClF14NO. The van der Waals surface area contributed by atoms with Gasteiger partial charge in [-0.1, -0.05) is 58.3 Å². The molecule has 0 aliphatic rings. The van der Waals surface area contributed by atoms with Gasteiger partial charge in [0.2, 0.25) is 0 Å². The number of rotatable bonds is 17.